The summed E-state index contributed by atoms with van der Waals surface area (Å²) in [7, 11) is 0. The largest absolute Gasteiger partial charge is 0.393 e. The summed E-state index contributed by atoms with van der Waals surface area (Å²) in [6, 6.07) is 10.6. The van der Waals surface area contributed by atoms with E-state index < -0.39 is 0 Å². The zero-order chi connectivity index (χ0) is 18.4. The second-order valence-corrected chi connectivity index (χ2v) is 7.32. The van der Waals surface area contributed by atoms with Gasteiger partial charge in [0, 0.05) is 39.3 Å². The van der Waals surface area contributed by atoms with Crippen LogP contribution in [0.15, 0.2) is 36.7 Å². The molecule has 1 aromatic heterocycles. The van der Waals surface area contributed by atoms with Crippen LogP contribution >= 0.6 is 0 Å². The fraction of sp³-hybridized carbons (Fsp3) is 0.500. The lowest BCUT2D eigenvalue weighted by Gasteiger charge is -2.36. The van der Waals surface area contributed by atoms with E-state index in [1.807, 2.05) is 0 Å². The third-order valence-corrected chi connectivity index (χ3v) is 4.80. The van der Waals surface area contributed by atoms with Gasteiger partial charge in [0.1, 0.15) is 12.0 Å². The molecule has 0 unspecified atom stereocenters. The topological polar surface area (TPSA) is 70.3 Å². The lowest BCUT2D eigenvalue weighted by molar-refractivity contribution is 0.249. The van der Waals surface area contributed by atoms with Gasteiger partial charge in [0.05, 0.1) is 0 Å². The summed E-state index contributed by atoms with van der Waals surface area (Å²) >= 11 is 0. The SMILES string of the molecule is CC(C)CCNc1ncnc(N2CCN(Cc3ccccc3)CC2)c1N. The van der Waals surface area contributed by atoms with E-state index in [9.17, 15) is 0 Å². The van der Waals surface area contributed by atoms with Crippen LogP contribution in [0.4, 0.5) is 17.3 Å². The van der Waals surface area contributed by atoms with E-state index in [0.717, 1.165) is 57.3 Å². The zero-order valence-corrected chi connectivity index (χ0v) is 15.9. The molecule has 1 aliphatic heterocycles. The molecule has 0 aliphatic carbocycles. The Morgan fingerprint density at radius 3 is 2.50 bits per heavy atom. The van der Waals surface area contributed by atoms with Gasteiger partial charge in [-0.3, -0.25) is 4.90 Å². The molecule has 0 atom stereocenters. The quantitative estimate of drug-likeness (QED) is 0.797. The molecule has 1 fully saturated rings. The number of anilines is 3. The first kappa shape index (κ1) is 18.5. The lowest BCUT2D eigenvalue weighted by atomic mass is 10.1. The predicted octanol–water partition coefficient (Wildman–Crippen LogP) is 2.84. The molecule has 1 aliphatic rings. The Kier molecular flexibility index (Phi) is 6.28. The Hall–Kier alpha value is -2.34. The summed E-state index contributed by atoms with van der Waals surface area (Å²) < 4.78 is 0. The number of hydrogen-bond acceptors (Lipinski definition) is 6. The summed E-state index contributed by atoms with van der Waals surface area (Å²) in [6.07, 6.45) is 2.71. The van der Waals surface area contributed by atoms with Gasteiger partial charge in [-0.05, 0) is 17.9 Å². The van der Waals surface area contributed by atoms with Crippen LogP contribution in [-0.4, -0.2) is 47.6 Å². The minimum absolute atomic E-state index is 0.655. The monoisotopic (exact) mass is 354 g/mol. The van der Waals surface area contributed by atoms with Crippen LogP contribution in [-0.2, 0) is 6.54 Å². The van der Waals surface area contributed by atoms with E-state index in [0.29, 0.717) is 11.6 Å². The first-order valence-electron chi connectivity index (χ1n) is 9.49. The molecule has 1 saturated heterocycles. The fourth-order valence-electron chi connectivity index (χ4n) is 3.22. The third kappa shape index (κ3) is 4.85. The minimum Gasteiger partial charge on any atom is -0.393 e. The molecular weight excluding hydrogens is 324 g/mol. The number of aromatic nitrogens is 2. The van der Waals surface area contributed by atoms with Gasteiger partial charge in [-0.15, -0.1) is 0 Å². The van der Waals surface area contributed by atoms with Crippen molar-refractivity contribution in [3.63, 3.8) is 0 Å². The number of nitrogen functional groups attached to an aromatic ring is 1. The molecule has 0 bridgehead atoms. The highest BCUT2D eigenvalue weighted by atomic mass is 15.3. The molecule has 1 aromatic carbocycles. The summed E-state index contributed by atoms with van der Waals surface area (Å²) in [5, 5.41) is 3.35. The Labute approximate surface area is 156 Å². The molecular formula is C20H30N6. The molecule has 0 radical (unpaired) electrons. The molecule has 2 aromatic rings. The van der Waals surface area contributed by atoms with Gasteiger partial charge in [-0.25, -0.2) is 9.97 Å². The van der Waals surface area contributed by atoms with Gasteiger partial charge in [-0.1, -0.05) is 44.2 Å². The summed E-state index contributed by atoms with van der Waals surface area (Å²) in [5.41, 5.74) is 8.37. The fourth-order valence-corrected chi connectivity index (χ4v) is 3.22. The number of nitrogens with zero attached hydrogens (tertiary/aromatic N) is 4. The van der Waals surface area contributed by atoms with Gasteiger partial charge >= 0.3 is 0 Å². The standard InChI is InChI=1S/C20H30N6/c1-16(2)8-9-22-19-18(21)20(24-15-23-19)26-12-10-25(11-13-26)14-17-6-4-3-5-7-17/h3-7,15-16H,8-14,21H2,1-2H3,(H,22,23,24). The second-order valence-electron chi connectivity index (χ2n) is 7.32. The van der Waals surface area contributed by atoms with Crippen LogP contribution in [0.25, 0.3) is 0 Å². The van der Waals surface area contributed by atoms with E-state index >= 15 is 0 Å². The molecule has 140 valence electrons. The van der Waals surface area contributed by atoms with E-state index in [1.54, 1.807) is 6.33 Å². The Balaban J connectivity index is 1.57. The van der Waals surface area contributed by atoms with Crippen LogP contribution in [0.1, 0.15) is 25.8 Å². The average molecular weight is 355 g/mol. The number of rotatable bonds is 7. The van der Waals surface area contributed by atoms with E-state index in [-0.39, 0.29) is 0 Å². The van der Waals surface area contributed by atoms with Gasteiger partial charge < -0.3 is 16.0 Å². The highest BCUT2D eigenvalue weighted by Crippen LogP contribution is 2.27. The van der Waals surface area contributed by atoms with Crippen molar-refractivity contribution >= 4 is 17.3 Å². The lowest BCUT2D eigenvalue weighted by Crippen LogP contribution is -2.46. The van der Waals surface area contributed by atoms with E-state index in [4.69, 9.17) is 5.73 Å². The maximum absolute atomic E-state index is 6.35. The molecule has 6 heteroatoms. The number of nitrogens with one attached hydrogen (secondary N) is 1. The number of benzene rings is 1. The molecule has 0 amide bonds. The molecule has 0 spiro atoms. The molecule has 6 nitrogen and oxygen atoms in total. The number of piperazine rings is 1. The van der Waals surface area contributed by atoms with E-state index in [1.165, 1.54) is 5.56 Å². The van der Waals surface area contributed by atoms with Gasteiger partial charge in [0.25, 0.3) is 0 Å². The maximum atomic E-state index is 6.35. The van der Waals surface area contributed by atoms with Crippen molar-refractivity contribution in [2.75, 3.05) is 48.7 Å². The van der Waals surface area contributed by atoms with Crippen molar-refractivity contribution in [2.24, 2.45) is 5.92 Å². The normalized spacial score (nSPS) is 15.4. The average Bonchev–Trinajstić information content (AvgIpc) is 2.65. The van der Waals surface area contributed by atoms with Gasteiger partial charge in [-0.2, -0.15) is 0 Å². The number of hydrogen-bond donors (Lipinski definition) is 2. The van der Waals surface area contributed by atoms with Crippen LogP contribution in [0, 0.1) is 5.92 Å². The smallest absolute Gasteiger partial charge is 0.157 e. The van der Waals surface area contributed by atoms with Crippen molar-refractivity contribution < 1.29 is 0 Å². The number of nitrogens with two attached hydrogens (primary N) is 1. The minimum atomic E-state index is 0.655. The highest BCUT2D eigenvalue weighted by Gasteiger charge is 2.21. The first-order chi connectivity index (χ1) is 12.6. The molecule has 3 N–H and O–H groups in total. The van der Waals surface area contributed by atoms with Crippen molar-refractivity contribution in [2.45, 2.75) is 26.8 Å². The van der Waals surface area contributed by atoms with Crippen LogP contribution in [0.5, 0.6) is 0 Å². The van der Waals surface area contributed by atoms with Crippen LogP contribution in [0.3, 0.4) is 0 Å². The summed E-state index contributed by atoms with van der Waals surface area (Å²) in [4.78, 5) is 13.5. The van der Waals surface area contributed by atoms with E-state index in [2.05, 4.69) is 69.3 Å². The zero-order valence-electron chi connectivity index (χ0n) is 15.9. The van der Waals surface area contributed by atoms with Crippen LogP contribution in [0.2, 0.25) is 0 Å². The predicted molar refractivity (Wildman–Crippen MR) is 108 cm³/mol. The molecule has 0 saturated carbocycles. The van der Waals surface area contributed by atoms with Gasteiger partial charge in [0.2, 0.25) is 0 Å². The first-order valence-corrected chi connectivity index (χ1v) is 9.49. The van der Waals surface area contributed by atoms with Crippen molar-refractivity contribution in [3.05, 3.63) is 42.2 Å². The van der Waals surface area contributed by atoms with Gasteiger partial charge in [0.15, 0.2) is 11.6 Å². The Morgan fingerprint density at radius 1 is 1.08 bits per heavy atom. The Bertz CT molecular complexity index is 680. The second kappa shape index (κ2) is 8.85. The van der Waals surface area contributed by atoms with Crippen molar-refractivity contribution in [1.82, 2.24) is 14.9 Å². The third-order valence-electron chi connectivity index (χ3n) is 4.80. The molecule has 2 heterocycles. The molecule has 3 rings (SSSR count). The van der Waals surface area contributed by atoms with Crippen LogP contribution < -0.4 is 16.0 Å². The van der Waals surface area contributed by atoms with Crippen molar-refractivity contribution in [1.29, 1.82) is 0 Å². The Morgan fingerprint density at radius 2 is 1.81 bits per heavy atom. The summed E-state index contributed by atoms with van der Waals surface area (Å²) in [6.45, 7) is 10.2. The maximum Gasteiger partial charge on any atom is 0.157 e. The van der Waals surface area contributed by atoms with Crippen molar-refractivity contribution in [3.8, 4) is 0 Å². The molecule has 26 heavy (non-hydrogen) atoms. The highest BCUT2D eigenvalue weighted by molar-refractivity contribution is 5.75. The summed E-state index contributed by atoms with van der Waals surface area (Å²) in [5.74, 6) is 2.26.